The molecule has 2 bridgehead atoms. The molecule has 2 aromatic carbocycles. The Morgan fingerprint density at radius 1 is 1.15 bits per heavy atom. The summed E-state index contributed by atoms with van der Waals surface area (Å²) >= 11 is 0. The molecule has 0 spiro atoms. The minimum absolute atomic E-state index is 0.0864. The molecule has 11 heteroatoms. The fraction of sp³-hybridized carbons (Fsp3) is 0.400. The standard InChI is InChI=1S/C30H36N6O5/c1-33(2)23-7-4-6-22(14-23)30(39)36-16-24-21-8-9-26(40-3)27(15-21)41-13-5-11-35(18-28(37)32-25(24)17-36)29(38)19-34-12-10-31-20-34/h4,6-10,12,14-15,20,24-25H,5,11,13,16-19H2,1-3H3,(H,32,37)/t24-,25+/m1/s1. The van der Waals surface area contributed by atoms with Crippen LogP contribution >= 0.6 is 0 Å². The number of carbonyl (C=O) groups excluding carboxylic acids is 3. The normalized spacial score (nSPS) is 19.1. The van der Waals surface area contributed by atoms with Gasteiger partial charge in [-0.05, 0) is 42.3 Å². The quantitative estimate of drug-likeness (QED) is 0.508. The van der Waals surface area contributed by atoms with Crippen LogP contribution in [0.1, 0.15) is 28.3 Å². The van der Waals surface area contributed by atoms with Crippen LogP contribution in [0.4, 0.5) is 5.69 Å². The number of anilines is 1. The van der Waals surface area contributed by atoms with Crippen molar-refractivity contribution in [1.82, 2.24) is 24.7 Å². The van der Waals surface area contributed by atoms with E-state index in [-0.39, 0.29) is 42.8 Å². The summed E-state index contributed by atoms with van der Waals surface area (Å²) in [6.45, 7) is 1.46. The molecular weight excluding hydrogens is 524 g/mol. The van der Waals surface area contributed by atoms with Crippen molar-refractivity contribution in [2.45, 2.75) is 24.9 Å². The molecule has 3 amide bonds. The highest BCUT2D eigenvalue weighted by Crippen LogP contribution is 2.35. The van der Waals surface area contributed by atoms with Crippen molar-refractivity contribution in [3.05, 3.63) is 72.3 Å². The molecule has 3 heterocycles. The number of fused-ring (bicyclic) bond motifs is 4. The number of hydrogen-bond acceptors (Lipinski definition) is 7. The lowest BCUT2D eigenvalue weighted by Gasteiger charge is -2.24. The lowest BCUT2D eigenvalue weighted by Crippen LogP contribution is -2.47. The van der Waals surface area contributed by atoms with Gasteiger partial charge in [-0.2, -0.15) is 0 Å². The number of ether oxygens (including phenoxy) is 2. The van der Waals surface area contributed by atoms with Crippen molar-refractivity contribution in [3.63, 3.8) is 0 Å². The van der Waals surface area contributed by atoms with Crippen molar-refractivity contribution in [2.75, 3.05) is 58.9 Å². The molecule has 3 aromatic rings. The summed E-state index contributed by atoms with van der Waals surface area (Å²) < 4.78 is 13.3. The number of carbonyl (C=O) groups is 3. The maximum absolute atomic E-state index is 13.6. The number of amides is 3. The van der Waals surface area contributed by atoms with Gasteiger partial charge in [0.15, 0.2) is 11.5 Å². The van der Waals surface area contributed by atoms with Crippen molar-refractivity contribution < 1.29 is 23.9 Å². The third-order valence-corrected chi connectivity index (χ3v) is 7.57. The first-order valence-corrected chi connectivity index (χ1v) is 13.7. The zero-order valence-corrected chi connectivity index (χ0v) is 23.7. The van der Waals surface area contributed by atoms with Crippen LogP contribution in [0.15, 0.2) is 61.2 Å². The van der Waals surface area contributed by atoms with E-state index in [9.17, 15) is 14.4 Å². The first-order valence-electron chi connectivity index (χ1n) is 13.7. The average Bonchev–Trinajstić information content (AvgIpc) is 3.64. The number of likely N-dealkylation sites (tertiary alicyclic amines) is 1. The van der Waals surface area contributed by atoms with E-state index >= 15 is 0 Å². The van der Waals surface area contributed by atoms with Crippen LogP contribution in [0.2, 0.25) is 0 Å². The number of rotatable bonds is 5. The minimum Gasteiger partial charge on any atom is -0.493 e. The van der Waals surface area contributed by atoms with Crippen LogP contribution in [-0.4, -0.2) is 97.1 Å². The molecule has 1 saturated heterocycles. The average molecular weight is 561 g/mol. The van der Waals surface area contributed by atoms with Gasteiger partial charge in [-0.15, -0.1) is 0 Å². The van der Waals surface area contributed by atoms with Crippen molar-refractivity contribution in [3.8, 4) is 11.5 Å². The van der Waals surface area contributed by atoms with E-state index < -0.39 is 0 Å². The number of imidazole rings is 1. The van der Waals surface area contributed by atoms with Crippen LogP contribution in [-0.2, 0) is 16.1 Å². The lowest BCUT2D eigenvalue weighted by molar-refractivity contribution is -0.136. The topological polar surface area (TPSA) is 109 Å². The predicted octanol–water partition coefficient (Wildman–Crippen LogP) is 1.99. The molecule has 11 nitrogen and oxygen atoms in total. The summed E-state index contributed by atoms with van der Waals surface area (Å²) in [6, 6.07) is 12.9. The minimum atomic E-state index is -0.351. The summed E-state index contributed by atoms with van der Waals surface area (Å²) in [7, 11) is 5.46. The highest BCUT2D eigenvalue weighted by Gasteiger charge is 2.38. The van der Waals surface area contributed by atoms with Crippen LogP contribution in [0.5, 0.6) is 11.5 Å². The molecule has 2 atom stereocenters. The van der Waals surface area contributed by atoms with Gasteiger partial charge >= 0.3 is 0 Å². The van der Waals surface area contributed by atoms with Gasteiger partial charge in [-0.1, -0.05) is 12.1 Å². The van der Waals surface area contributed by atoms with Gasteiger partial charge in [0.05, 0.1) is 32.6 Å². The van der Waals surface area contributed by atoms with E-state index in [1.165, 1.54) is 0 Å². The Labute approximate surface area is 239 Å². The summed E-state index contributed by atoms with van der Waals surface area (Å²) in [5.74, 6) is 0.462. The van der Waals surface area contributed by atoms with Crippen LogP contribution < -0.4 is 19.7 Å². The molecule has 1 fully saturated rings. The van der Waals surface area contributed by atoms with E-state index in [0.717, 1.165) is 11.3 Å². The number of benzene rings is 2. The maximum atomic E-state index is 13.6. The summed E-state index contributed by atoms with van der Waals surface area (Å²) in [5.41, 5.74) is 2.46. The van der Waals surface area contributed by atoms with Gasteiger partial charge in [0.1, 0.15) is 6.54 Å². The molecule has 2 aliphatic rings. The number of aromatic nitrogens is 2. The molecule has 1 aromatic heterocycles. The highest BCUT2D eigenvalue weighted by atomic mass is 16.5. The number of nitrogens with one attached hydrogen (secondary N) is 1. The fourth-order valence-corrected chi connectivity index (χ4v) is 5.38. The first-order chi connectivity index (χ1) is 19.8. The second kappa shape index (κ2) is 12.3. The number of hydrogen-bond donors (Lipinski definition) is 1. The zero-order chi connectivity index (χ0) is 28.9. The van der Waals surface area contributed by atoms with Crippen molar-refractivity contribution in [2.24, 2.45) is 0 Å². The van der Waals surface area contributed by atoms with Gasteiger partial charge in [-0.3, -0.25) is 14.4 Å². The third kappa shape index (κ3) is 6.45. The Hall–Kier alpha value is -4.54. The SMILES string of the molecule is COc1ccc2cc1OCCCN(C(=O)Cn1ccnc1)CC(=O)N[C@H]1CN(C(=O)c3cccc(N(C)C)c3)C[C@H]21. The third-order valence-electron chi connectivity index (χ3n) is 7.57. The monoisotopic (exact) mass is 560 g/mol. The van der Waals surface area contributed by atoms with E-state index in [1.54, 1.807) is 40.2 Å². The van der Waals surface area contributed by atoms with Crippen molar-refractivity contribution >= 4 is 23.4 Å². The molecule has 5 rings (SSSR count). The molecule has 216 valence electrons. The lowest BCUT2D eigenvalue weighted by atomic mass is 9.94. The first kappa shape index (κ1) is 28.0. The van der Waals surface area contributed by atoms with Crippen molar-refractivity contribution in [1.29, 1.82) is 0 Å². The van der Waals surface area contributed by atoms with Crippen LogP contribution in [0, 0.1) is 0 Å². The molecule has 0 saturated carbocycles. The summed E-state index contributed by atoms with van der Waals surface area (Å²) in [5, 5.41) is 3.14. The number of nitrogens with zero attached hydrogens (tertiary/aromatic N) is 5. The van der Waals surface area contributed by atoms with Gasteiger partial charge in [0.25, 0.3) is 5.91 Å². The molecule has 0 unspecified atom stereocenters. The Morgan fingerprint density at radius 3 is 2.76 bits per heavy atom. The van der Waals surface area contributed by atoms with Gasteiger partial charge in [0.2, 0.25) is 11.8 Å². The Balaban J connectivity index is 1.41. The van der Waals surface area contributed by atoms with E-state index in [4.69, 9.17) is 9.47 Å². The van der Waals surface area contributed by atoms with E-state index in [1.807, 2.05) is 61.5 Å². The largest absolute Gasteiger partial charge is 0.493 e. The molecule has 1 N–H and O–H groups in total. The molecule has 41 heavy (non-hydrogen) atoms. The second-order valence-corrected chi connectivity index (χ2v) is 10.6. The van der Waals surface area contributed by atoms with E-state index in [2.05, 4.69) is 10.3 Å². The fourth-order valence-electron chi connectivity index (χ4n) is 5.38. The summed E-state index contributed by atoms with van der Waals surface area (Å²) in [6.07, 6.45) is 5.43. The van der Waals surface area contributed by atoms with Crippen LogP contribution in [0.25, 0.3) is 0 Å². The molecular formula is C30H36N6O5. The molecule has 2 aliphatic heterocycles. The van der Waals surface area contributed by atoms with Gasteiger partial charge < -0.3 is 34.1 Å². The predicted molar refractivity (Wildman–Crippen MR) is 153 cm³/mol. The van der Waals surface area contributed by atoms with Gasteiger partial charge in [0, 0.05) is 63.3 Å². The maximum Gasteiger partial charge on any atom is 0.254 e. The Kier molecular flexibility index (Phi) is 8.42. The molecule has 0 radical (unpaired) electrons. The molecule has 0 aliphatic carbocycles. The smallest absolute Gasteiger partial charge is 0.254 e. The summed E-state index contributed by atoms with van der Waals surface area (Å²) in [4.78, 5) is 49.4. The van der Waals surface area contributed by atoms with E-state index in [0.29, 0.717) is 49.7 Å². The Morgan fingerprint density at radius 2 is 2.00 bits per heavy atom. The highest BCUT2D eigenvalue weighted by molar-refractivity contribution is 5.95. The second-order valence-electron chi connectivity index (χ2n) is 10.6. The number of methoxy groups -OCH3 is 1. The van der Waals surface area contributed by atoms with Crippen LogP contribution in [0.3, 0.4) is 0 Å². The Bertz CT molecular complexity index is 1390. The van der Waals surface area contributed by atoms with Gasteiger partial charge in [-0.25, -0.2) is 4.98 Å². The zero-order valence-electron chi connectivity index (χ0n) is 23.7.